The highest BCUT2D eigenvalue weighted by Gasteiger charge is 2.12. The second-order valence-corrected chi connectivity index (χ2v) is 5.18. The molecule has 6 nitrogen and oxygen atoms in total. The van der Waals surface area contributed by atoms with Gasteiger partial charge in [-0.25, -0.2) is 4.39 Å². The Labute approximate surface area is 140 Å². The van der Waals surface area contributed by atoms with Gasteiger partial charge in [-0.3, -0.25) is 4.79 Å². The van der Waals surface area contributed by atoms with Gasteiger partial charge in [0.2, 0.25) is 17.6 Å². The third-order valence-corrected chi connectivity index (χ3v) is 3.22. The Morgan fingerprint density at radius 1 is 1.48 bits per heavy atom. The molecular weight excluding hydrogens is 323 g/mol. The first-order valence-corrected chi connectivity index (χ1v) is 7.08. The molecule has 1 atom stereocenters. The van der Waals surface area contributed by atoms with Gasteiger partial charge in [-0.15, -0.1) is 12.4 Å². The fourth-order valence-corrected chi connectivity index (χ4v) is 1.83. The van der Waals surface area contributed by atoms with Crippen molar-refractivity contribution in [1.29, 1.82) is 0 Å². The maximum Gasteiger partial charge on any atom is 0.227 e. The van der Waals surface area contributed by atoms with Crippen LogP contribution < -0.4 is 11.1 Å². The molecule has 0 unspecified atom stereocenters. The minimum Gasteiger partial charge on any atom is -0.352 e. The topological polar surface area (TPSA) is 94.0 Å². The molecule has 0 aliphatic rings. The number of nitrogens with zero attached hydrogens (tertiary/aromatic N) is 2. The van der Waals surface area contributed by atoms with Gasteiger partial charge in [-0.2, -0.15) is 4.98 Å². The highest BCUT2D eigenvalue weighted by molar-refractivity contribution is 5.85. The zero-order valence-electron chi connectivity index (χ0n) is 13.0. The van der Waals surface area contributed by atoms with Crippen molar-refractivity contribution in [2.45, 2.75) is 32.7 Å². The predicted molar refractivity (Wildman–Crippen MR) is 86.7 cm³/mol. The Morgan fingerprint density at radius 3 is 2.87 bits per heavy atom. The number of rotatable bonds is 6. The number of halogens is 2. The highest BCUT2D eigenvalue weighted by Crippen LogP contribution is 2.19. The first-order valence-electron chi connectivity index (χ1n) is 7.08. The van der Waals surface area contributed by atoms with Crippen LogP contribution in [-0.4, -0.2) is 28.6 Å². The Morgan fingerprint density at radius 2 is 2.22 bits per heavy atom. The van der Waals surface area contributed by atoms with Crippen molar-refractivity contribution in [3.05, 3.63) is 35.5 Å². The molecule has 2 aromatic rings. The van der Waals surface area contributed by atoms with Crippen molar-refractivity contribution in [1.82, 2.24) is 15.5 Å². The number of amides is 1. The van der Waals surface area contributed by atoms with Crippen molar-refractivity contribution in [2.75, 3.05) is 6.54 Å². The lowest BCUT2D eigenvalue weighted by Gasteiger charge is -2.09. The minimum atomic E-state index is -0.320. The van der Waals surface area contributed by atoms with Crippen molar-refractivity contribution >= 4 is 18.3 Å². The third-order valence-electron chi connectivity index (χ3n) is 3.22. The fourth-order valence-electron chi connectivity index (χ4n) is 1.83. The number of hydrogen-bond acceptors (Lipinski definition) is 5. The smallest absolute Gasteiger partial charge is 0.227 e. The molecule has 1 heterocycles. The number of benzene rings is 1. The first-order chi connectivity index (χ1) is 10.5. The van der Waals surface area contributed by atoms with Crippen LogP contribution in [0.15, 0.2) is 22.7 Å². The maximum atomic E-state index is 13.5. The zero-order valence-corrected chi connectivity index (χ0v) is 13.8. The normalized spacial score (nSPS) is 11.7. The first kappa shape index (κ1) is 19.1. The molecule has 1 aromatic carbocycles. The molecular formula is C15H20ClFN4O2. The van der Waals surface area contributed by atoms with E-state index in [1.165, 1.54) is 6.07 Å². The second kappa shape index (κ2) is 8.59. The number of carbonyl (C=O) groups excluding carboxylic acids is 1. The van der Waals surface area contributed by atoms with Gasteiger partial charge < -0.3 is 15.6 Å². The average Bonchev–Trinajstić information content (AvgIpc) is 2.96. The van der Waals surface area contributed by atoms with Crippen LogP contribution in [0, 0.1) is 12.7 Å². The number of aromatic nitrogens is 2. The monoisotopic (exact) mass is 342 g/mol. The van der Waals surface area contributed by atoms with E-state index in [0.717, 1.165) is 0 Å². The number of aryl methyl sites for hydroxylation is 2. The Kier molecular flexibility index (Phi) is 7.12. The summed E-state index contributed by atoms with van der Waals surface area (Å²) in [6, 6.07) is 4.67. The summed E-state index contributed by atoms with van der Waals surface area (Å²) in [5.41, 5.74) is 6.53. The molecule has 0 bridgehead atoms. The number of hydrogen-bond donors (Lipinski definition) is 2. The molecule has 126 valence electrons. The van der Waals surface area contributed by atoms with Crippen LogP contribution >= 0.6 is 12.4 Å². The van der Waals surface area contributed by atoms with Crippen LogP contribution in [0.3, 0.4) is 0 Å². The van der Waals surface area contributed by atoms with Crippen LogP contribution in [0.1, 0.15) is 24.8 Å². The van der Waals surface area contributed by atoms with Gasteiger partial charge in [0.05, 0.1) is 0 Å². The summed E-state index contributed by atoms with van der Waals surface area (Å²) in [6.07, 6.45) is 0.554. The Hall–Kier alpha value is -1.99. The summed E-state index contributed by atoms with van der Waals surface area (Å²) < 4.78 is 18.6. The van der Waals surface area contributed by atoms with Gasteiger partial charge in [0, 0.05) is 31.0 Å². The fraction of sp³-hybridized carbons (Fsp3) is 0.400. The van der Waals surface area contributed by atoms with Crippen molar-refractivity contribution in [2.24, 2.45) is 5.73 Å². The molecule has 23 heavy (non-hydrogen) atoms. The van der Waals surface area contributed by atoms with E-state index in [0.29, 0.717) is 35.8 Å². The van der Waals surface area contributed by atoms with Gasteiger partial charge in [0.15, 0.2) is 0 Å². The van der Waals surface area contributed by atoms with E-state index in [-0.39, 0.29) is 36.6 Å². The highest BCUT2D eigenvalue weighted by atomic mass is 35.5. The largest absolute Gasteiger partial charge is 0.352 e. The predicted octanol–water partition coefficient (Wildman–Crippen LogP) is 2.00. The molecule has 3 N–H and O–H groups in total. The minimum absolute atomic E-state index is 0. The molecule has 2 rings (SSSR count). The van der Waals surface area contributed by atoms with Crippen molar-refractivity contribution < 1.29 is 13.7 Å². The standard InChI is InChI=1S/C15H19FN4O2.ClH/c1-9-3-4-11(7-12(9)16)15-19-14(22-20-15)6-5-13(21)18-10(2)8-17;/h3-4,7,10H,5-6,8,17H2,1-2H3,(H,18,21);1H/t10-;/m0./s1. The Bertz CT molecular complexity index is 663. The summed E-state index contributed by atoms with van der Waals surface area (Å²) in [5.74, 6) is 0.203. The molecule has 0 radical (unpaired) electrons. The second-order valence-electron chi connectivity index (χ2n) is 5.18. The summed E-state index contributed by atoms with van der Waals surface area (Å²) in [7, 11) is 0. The molecule has 0 aliphatic heterocycles. The lowest BCUT2D eigenvalue weighted by atomic mass is 10.1. The van der Waals surface area contributed by atoms with Crippen molar-refractivity contribution in [3.63, 3.8) is 0 Å². The van der Waals surface area contributed by atoms with Gasteiger partial charge in [0.1, 0.15) is 5.82 Å². The molecule has 0 saturated heterocycles. The van der Waals surface area contributed by atoms with Crippen LogP contribution in [0.5, 0.6) is 0 Å². The summed E-state index contributed by atoms with van der Waals surface area (Å²) in [5, 5.41) is 6.56. The zero-order chi connectivity index (χ0) is 16.1. The Balaban J connectivity index is 0.00000264. The van der Waals surface area contributed by atoms with E-state index in [4.69, 9.17) is 10.3 Å². The summed E-state index contributed by atoms with van der Waals surface area (Å²) in [4.78, 5) is 15.8. The van der Waals surface area contributed by atoms with Crippen LogP contribution in [-0.2, 0) is 11.2 Å². The average molecular weight is 343 g/mol. The molecule has 1 aromatic heterocycles. The molecule has 0 fully saturated rings. The number of nitrogens with one attached hydrogen (secondary N) is 1. The van der Waals surface area contributed by atoms with Crippen molar-refractivity contribution in [3.8, 4) is 11.4 Å². The molecule has 0 saturated carbocycles. The van der Waals surface area contributed by atoms with E-state index >= 15 is 0 Å². The van der Waals surface area contributed by atoms with Crippen LogP contribution in [0.4, 0.5) is 4.39 Å². The summed E-state index contributed by atoms with van der Waals surface area (Å²) in [6.45, 7) is 3.89. The van der Waals surface area contributed by atoms with E-state index in [9.17, 15) is 9.18 Å². The van der Waals surface area contributed by atoms with Gasteiger partial charge in [0.25, 0.3) is 0 Å². The van der Waals surface area contributed by atoms with E-state index < -0.39 is 0 Å². The van der Waals surface area contributed by atoms with E-state index in [1.54, 1.807) is 19.1 Å². The number of nitrogens with two attached hydrogens (primary N) is 1. The molecule has 0 aliphatic carbocycles. The molecule has 0 spiro atoms. The lowest BCUT2D eigenvalue weighted by Crippen LogP contribution is -2.37. The van der Waals surface area contributed by atoms with Gasteiger partial charge in [-0.1, -0.05) is 17.3 Å². The SMILES string of the molecule is Cc1ccc(-c2noc(CCC(=O)N[C@@H](C)CN)n2)cc1F.Cl. The maximum absolute atomic E-state index is 13.5. The summed E-state index contributed by atoms with van der Waals surface area (Å²) >= 11 is 0. The quantitative estimate of drug-likeness (QED) is 0.837. The third kappa shape index (κ3) is 5.30. The number of carbonyl (C=O) groups is 1. The van der Waals surface area contributed by atoms with E-state index in [1.807, 2.05) is 6.92 Å². The molecule has 1 amide bonds. The van der Waals surface area contributed by atoms with E-state index in [2.05, 4.69) is 15.5 Å². The van der Waals surface area contributed by atoms with Crippen LogP contribution in [0.2, 0.25) is 0 Å². The van der Waals surface area contributed by atoms with Gasteiger partial charge >= 0.3 is 0 Å². The molecule has 8 heteroatoms. The lowest BCUT2D eigenvalue weighted by molar-refractivity contribution is -0.121. The van der Waals surface area contributed by atoms with Gasteiger partial charge in [-0.05, 0) is 25.5 Å². The van der Waals surface area contributed by atoms with Crippen LogP contribution in [0.25, 0.3) is 11.4 Å².